The summed E-state index contributed by atoms with van der Waals surface area (Å²) < 4.78 is 40.7. The van der Waals surface area contributed by atoms with E-state index in [0.717, 1.165) is 23.3 Å². The van der Waals surface area contributed by atoms with Crippen LogP contribution in [0.25, 0.3) is 0 Å². The third-order valence-corrected chi connectivity index (χ3v) is 6.30. The highest BCUT2D eigenvalue weighted by Crippen LogP contribution is 2.46. The molecule has 2 fully saturated rings. The molecule has 0 bridgehead atoms. The highest BCUT2D eigenvalue weighted by atomic mass is 19.4. The predicted octanol–water partition coefficient (Wildman–Crippen LogP) is 7.08. The van der Waals surface area contributed by atoms with E-state index in [2.05, 4.69) is 11.7 Å². The molecule has 2 aliphatic rings. The van der Waals surface area contributed by atoms with Gasteiger partial charge in [0.2, 0.25) is 0 Å². The fourth-order valence-electron chi connectivity index (χ4n) is 5.08. The van der Waals surface area contributed by atoms with Crippen LogP contribution in [0, 0.1) is 17.8 Å². The van der Waals surface area contributed by atoms with Crippen molar-refractivity contribution in [1.82, 2.24) is 0 Å². The van der Waals surface area contributed by atoms with Crippen molar-refractivity contribution in [2.45, 2.75) is 77.0 Å². The van der Waals surface area contributed by atoms with Crippen molar-refractivity contribution < 1.29 is 17.9 Å². The van der Waals surface area contributed by atoms with Crippen LogP contribution in [0.3, 0.4) is 0 Å². The van der Waals surface area contributed by atoms with Crippen molar-refractivity contribution >= 4 is 0 Å². The summed E-state index contributed by atoms with van der Waals surface area (Å²) in [5.41, 5.74) is 1.16. The molecule has 4 heteroatoms. The van der Waals surface area contributed by atoms with Crippen molar-refractivity contribution in [2.24, 2.45) is 17.8 Å². The molecule has 0 radical (unpaired) electrons. The molecule has 0 saturated heterocycles. The van der Waals surface area contributed by atoms with Gasteiger partial charge >= 0.3 is 6.36 Å². The van der Waals surface area contributed by atoms with Gasteiger partial charge in [0.25, 0.3) is 0 Å². The Morgan fingerprint density at radius 2 is 1.56 bits per heavy atom. The molecule has 0 aliphatic heterocycles. The average molecular weight is 354 g/mol. The number of halogens is 3. The maximum absolute atomic E-state index is 12.2. The van der Waals surface area contributed by atoms with Crippen LogP contribution in [0.15, 0.2) is 24.3 Å². The Bertz CT molecular complexity index is 529. The zero-order valence-electron chi connectivity index (χ0n) is 15.0. The van der Waals surface area contributed by atoms with Gasteiger partial charge in [-0.1, -0.05) is 38.3 Å². The SMILES string of the molecule is CCCC1CCC(C2CCC(c3ccc(OC(F)(F)F)cc3)CC2)C1. The fourth-order valence-corrected chi connectivity index (χ4v) is 5.08. The highest BCUT2D eigenvalue weighted by molar-refractivity contribution is 5.29. The number of alkyl halides is 3. The normalized spacial score (nSPS) is 30.4. The second-order valence-corrected chi connectivity index (χ2v) is 7.96. The topological polar surface area (TPSA) is 9.23 Å². The molecule has 1 aromatic rings. The first kappa shape index (κ1) is 18.6. The van der Waals surface area contributed by atoms with E-state index in [1.165, 1.54) is 69.9 Å². The van der Waals surface area contributed by atoms with Gasteiger partial charge < -0.3 is 4.74 Å². The smallest absolute Gasteiger partial charge is 0.406 e. The van der Waals surface area contributed by atoms with Gasteiger partial charge in [-0.25, -0.2) is 0 Å². The summed E-state index contributed by atoms with van der Waals surface area (Å²) in [4.78, 5) is 0. The second kappa shape index (κ2) is 8.01. The van der Waals surface area contributed by atoms with Crippen molar-refractivity contribution in [3.05, 3.63) is 29.8 Å². The van der Waals surface area contributed by atoms with E-state index in [1.54, 1.807) is 12.1 Å². The van der Waals surface area contributed by atoms with Crippen molar-refractivity contribution in [3.63, 3.8) is 0 Å². The molecule has 2 aliphatic carbocycles. The first-order valence-corrected chi connectivity index (χ1v) is 9.80. The number of hydrogen-bond donors (Lipinski definition) is 0. The molecule has 0 N–H and O–H groups in total. The lowest BCUT2D eigenvalue weighted by atomic mass is 9.73. The van der Waals surface area contributed by atoms with Crippen molar-refractivity contribution in [3.8, 4) is 5.75 Å². The van der Waals surface area contributed by atoms with E-state index < -0.39 is 6.36 Å². The van der Waals surface area contributed by atoms with E-state index in [1.807, 2.05) is 0 Å². The summed E-state index contributed by atoms with van der Waals surface area (Å²) in [5, 5.41) is 0. The number of rotatable bonds is 5. The van der Waals surface area contributed by atoms with Gasteiger partial charge in [0.05, 0.1) is 0 Å². The predicted molar refractivity (Wildman–Crippen MR) is 93.6 cm³/mol. The average Bonchev–Trinajstić information content (AvgIpc) is 3.03. The summed E-state index contributed by atoms with van der Waals surface area (Å²) in [5.74, 6) is 3.10. The molecule has 2 saturated carbocycles. The van der Waals surface area contributed by atoms with Gasteiger partial charge in [0.1, 0.15) is 5.75 Å². The van der Waals surface area contributed by atoms with Crippen LogP contribution >= 0.6 is 0 Å². The molecule has 0 heterocycles. The standard InChI is InChI=1S/C21H29F3O/c1-2-3-15-4-5-19(14-15)18-8-6-16(7-9-18)17-10-12-20(13-11-17)25-21(22,23)24/h10-13,15-16,18-19H,2-9,14H2,1H3. The Morgan fingerprint density at radius 1 is 0.920 bits per heavy atom. The molecule has 1 nitrogen and oxygen atoms in total. The van der Waals surface area contributed by atoms with Gasteiger partial charge in [-0.3, -0.25) is 0 Å². The lowest BCUT2D eigenvalue weighted by molar-refractivity contribution is -0.274. The summed E-state index contributed by atoms with van der Waals surface area (Å²) in [7, 11) is 0. The molecule has 25 heavy (non-hydrogen) atoms. The Hall–Kier alpha value is -1.19. The molecule has 0 aromatic heterocycles. The van der Waals surface area contributed by atoms with Gasteiger partial charge in [0, 0.05) is 0 Å². The van der Waals surface area contributed by atoms with Crippen LogP contribution in [0.4, 0.5) is 13.2 Å². The maximum atomic E-state index is 12.2. The summed E-state index contributed by atoms with van der Waals surface area (Å²) >= 11 is 0. The van der Waals surface area contributed by atoms with Gasteiger partial charge in [-0.2, -0.15) is 0 Å². The minimum Gasteiger partial charge on any atom is -0.406 e. The minimum atomic E-state index is -4.61. The fraction of sp³-hybridized carbons (Fsp3) is 0.714. The molecule has 1 aromatic carbocycles. The van der Waals surface area contributed by atoms with Crippen LogP contribution in [0.1, 0.15) is 76.2 Å². The van der Waals surface area contributed by atoms with Crippen LogP contribution in [-0.4, -0.2) is 6.36 Å². The van der Waals surface area contributed by atoms with Crippen LogP contribution in [0.2, 0.25) is 0 Å². The third-order valence-electron chi connectivity index (χ3n) is 6.30. The van der Waals surface area contributed by atoms with E-state index in [-0.39, 0.29) is 5.75 Å². The molecule has 0 spiro atoms. The number of benzene rings is 1. The molecular weight excluding hydrogens is 325 g/mol. The monoisotopic (exact) mass is 354 g/mol. The van der Waals surface area contributed by atoms with E-state index in [4.69, 9.17) is 0 Å². The van der Waals surface area contributed by atoms with Crippen LogP contribution in [0.5, 0.6) is 5.75 Å². The quantitative estimate of drug-likeness (QED) is 0.549. The Kier molecular flexibility index (Phi) is 5.96. The number of ether oxygens (including phenoxy) is 1. The summed E-state index contributed by atoms with van der Waals surface area (Å²) in [6.07, 6.45) is 7.20. The highest BCUT2D eigenvalue weighted by Gasteiger charge is 2.34. The molecular formula is C21H29F3O. The maximum Gasteiger partial charge on any atom is 0.573 e. The molecule has 140 valence electrons. The summed E-state index contributed by atoms with van der Waals surface area (Å²) in [6, 6.07) is 6.50. The molecule has 2 unspecified atom stereocenters. The van der Waals surface area contributed by atoms with E-state index >= 15 is 0 Å². The Balaban J connectivity index is 1.49. The van der Waals surface area contributed by atoms with E-state index in [9.17, 15) is 13.2 Å². The largest absolute Gasteiger partial charge is 0.573 e. The van der Waals surface area contributed by atoms with Crippen molar-refractivity contribution in [1.29, 1.82) is 0 Å². The van der Waals surface area contributed by atoms with Crippen LogP contribution < -0.4 is 4.74 Å². The lowest BCUT2D eigenvalue weighted by Crippen LogP contribution is -2.20. The first-order valence-electron chi connectivity index (χ1n) is 9.80. The molecule has 2 atom stereocenters. The number of hydrogen-bond acceptors (Lipinski definition) is 1. The Morgan fingerprint density at radius 3 is 2.16 bits per heavy atom. The second-order valence-electron chi connectivity index (χ2n) is 7.96. The first-order chi connectivity index (χ1) is 11.9. The lowest BCUT2D eigenvalue weighted by Gasteiger charge is -2.32. The van der Waals surface area contributed by atoms with Gasteiger partial charge in [-0.15, -0.1) is 13.2 Å². The Labute approximate surface area is 149 Å². The van der Waals surface area contributed by atoms with Gasteiger partial charge in [0.15, 0.2) is 0 Å². The zero-order valence-corrected chi connectivity index (χ0v) is 15.0. The molecule has 3 rings (SSSR count). The zero-order chi connectivity index (χ0) is 17.9. The molecule has 0 amide bonds. The third kappa shape index (κ3) is 5.15. The van der Waals surface area contributed by atoms with E-state index in [0.29, 0.717) is 5.92 Å². The minimum absolute atomic E-state index is 0.127. The van der Waals surface area contributed by atoms with Gasteiger partial charge in [-0.05, 0) is 79.9 Å². The van der Waals surface area contributed by atoms with Crippen molar-refractivity contribution in [2.75, 3.05) is 0 Å². The summed E-state index contributed by atoms with van der Waals surface area (Å²) in [6.45, 7) is 2.28. The van der Waals surface area contributed by atoms with Crippen LogP contribution in [-0.2, 0) is 0 Å².